The monoisotopic (exact) mass is 205 g/mol. The highest BCUT2D eigenvalue weighted by Gasteiger charge is 2.01. The van der Waals surface area contributed by atoms with Gasteiger partial charge in [-0.3, -0.25) is 0 Å². The van der Waals surface area contributed by atoms with Gasteiger partial charge in [-0.1, -0.05) is 0 Å². The number of nitrogens with zero attached hydrogens (tertiary/aromatic N) is 1. The molecular weight excluding hydrogens is 190 g/mol. The first kappa shape index (κ1) is 11.3. The maximum absolute atomic E-state index is 9.08. The van der Waals surface area contributed by atoms with E-state index in [2.05, 4.69) is 5.32 Å². The quantitative estimate of drug-likeness (QED) is 0.647. The van der Waals surface area contributed by atoms with Crippen molar-refractivity contribution in [2.24, 2.45) is 0 Å². The highest BCUT2D eigenvalue weighted by Crippen LogP contribution is 2.19. The molecule has 4 heteroatoms. The molecule has 0 saturated carbocycles. The first-order valence-electron chi connectivity index (χ1n) is 4.85. The number of nitrogens with one attached hydrogen (secondary N) is 1. The lowest BCUT2D eigenvalue weighted by Gasteiger charge is -2.10. The second kappa shape index (κ2) is 5.23. The summed E-state index contributed by atoms with van der Waals surface area (Å²) >= 11 is 0. The molecule has 0 radical (unpaired) electrons. The summed E-state index contributed by atoms with van der Waals surface area (Å²) in [5.41, 5.74) is 7.66. The summed E-state index contributed by atoms with van der Waals surface area (Å²) < 4.78 is 0. The van der Waals surface area contributed by atoms with Gasteiger partial charge in [0.15, 0.2) is 0 Å². The molecule has 4 nitrogen and oxygen atoms in total. The maximum atomic E-state index is 9.08. The van der Waals surface area contributed by atoms with Gasteiger partial charge in [-0.15, -0.1) is 0 Å². The molecule has 0 aliphatic rings. The molecule has 1 aromatic rings. The number of nitriles is 1. The van der Waals surface area contributed by atoms with Gasteiger partial charge >= 0.3 is 0 Å². The van der Waals surface area contributed by atoms with Gasteiger partial charge in [0.1, 0.15) is 0 Å². The summed E-state index contributed by atoms with van der Waals surface area (Å²) in [6.07, 6.45) is 0.314. The Balaban J connectivity index is 2.64. The van der Waals surface area contributed by atoms with Gasteiger partial charge in [-0.25, -0.2) is 0 Å². The number of nitrogen functional groups attached to an aromatic ring is 1. The number of hydrogen-bond acceptors (Lipinski definition) is 4. The van der Waals surface area contributed by atoms with Gasteiger partial charge in [0.25, 0.3) is 0 Å². The van der Waals surface area contributed by atoms with Crippen LogP contribution in [0.3, 0.4) is 0 Å². The van der Waals surface area contributed by atoms with Crippen molar-refractivity contribution in [1.29, 1.82) is 5.26 Å². The van der Waals surface area contributed by atoms with Crippen molar-refractivity contribution in [1.82, 2.24) is 0 Å². The molecule has 1 unspecified atom stereocenters. The van der Waals surface area contributed by atoms with Crippen molar-refractivity contribution in [3.63, 3.8) is 0 Å². The molecule has 0 amide bonds. The van der Waals surface area contributed by atoms with Crippen molar-refractivity contribution in [2.45, 2.75) is 19.4 Å². The minimum atomic E-state index is -0.335. The fourth-order valence-electron chi connectivity index (χ4n) is 1.19. The van der Waals surface area contributed by atoms with E-state index in [1.807, 2.05) is 6.07 Å². The molecule has 1 atom stereocenters. The summed E-state index contributed by atoms with van der Waals surface area (Å²) in [5.74, 6) is 0. The lowest BCUT2D eigenvalue weighted by atomic mass is 10.2. The molecular formula is C11H15N3O. The van der Waals surface area contributed by atoms with Crippen LogP contribution in [-0.4, -0.2) is 17.8 Å². The van der Waals surface area contributed by atoms with Crippen LogP contribution >= 0.6 is 0 Å². The van der Waals surface area contributed by atoms with Gasteiger partial charge in [-0.2, -0.15) is 5.26 Å². The smallest absolute Gasteiger partial charge is 0.0992 e. The highest BCUT2D eigenvalue weighted by molar-refractivity contribution is 5.68. The predicted molar refractivity (Wildman–Crippen MR) is 60.4 cm³/mol. The largest absolute Gasteiger partial charge is 0.397 e. The van der Waals surface area contributed by atoms with Crippen molar-refractivity contribution in [2.75, 3.05) is 17.6 Å². The molecule has 0 aliphatic carbocycles. The lowest BCUT2D eigenvalue weighted by molar-refractivity contribution is 0.189. The van der Waals surface area contributed by atoms with E-state index in [0.29, 0.717) is 24.2 Å². The number of aliphatic hydroxyl groups excluding tert-OH is 1. The van der Waals surface area contributed by atoms with Gasteiger partial charge < -0.3 is 16.2 Å². The molecule has 1 aromatic carbocycles. The van der Waals surface area contributed by atoms with Gasteiger partial charge in [0, 0.05) is 6.54 Å². The van der Waals surface area contributed by atoms with Crippen molar-refractivity contribution >= 4 is 11.4 Å². The average Bonchev–Trinajstić information content (AvgIpc) is 2.20. The second-order valence-corrected chi connectivity index (χ2v) is 3.48. The standard InChI is InChI=1S/C11H15N3O/c1-8(15)4-5-14-11-6-9(7-12)2-3-10(11)13/h2-3,6,8,14-15H,4-5,13H2,1H3. The van der Waals surface area contributed by atoms with E-state index in [1.165, 1.54) is 0 Å². The topological polar surface area (TPSA) is 82.1 Å². The summed E-state index contributed by atoms with van der Waals surface area (Å²) in [5, 5.41) is 20.9. The molecule has 0 spiro atoms. The minimum Gasteiger partial charge on any atom is -0.397 e. The zero-order valence-electron chi connectivity index (χ0n) is 8.70. The number of aliphatic hydroxyl groups is 1. The molecule has 0 heterocycles. The molecule has 1 rings (SSSR count). The van der Waals surface area contributed by atoms with Crippen LogP contribution in [0.1, 0.15) is 18.9 Å². The van der Waals surface area contributed by atoms with Crippen molar-refractivity contribution < 1.29 is 5.11 Å². The average molecular weight is 205 g/mol. The Hall–Kier alpha value is -1.73. The Morgan fingerprint density at radius 1 is 1.60 bits per heavy atom. The first-order chi connectivity index (χ1) is 7.13. The molecule has 80 valence electrons. The Morgan fingerprint density at radius 2 is 2.33 bits per heavy atom. The molecule has 15 heavy (non-hydrogen) atoms. The van der Waals surface area contributed by atoms with E-state index in [-0.39, 0.29) is 6.10 Å². The third kappa shape index (κ3) is 3.49. The molecule has 0 bridgehead atoms. The van der Waals surface area contributed by atoms with Crippen LogP contribution in [0.5, 0.6) is 0 Å². The summed E-state index contributed by atoms with van der Waals surface area (Å²) in [7, 11) is 0. The zero-order valence-corrected chi connectivity index (χ0v) is 8.70. The van der Waals surface area contributed by atoms with Crippen LogP contribution < -0.4 is 11.1 Å². The fraction of sp³-hybridized carbons (Fsp3) is 0.364. The predicted octanol–water partition coefficient (Wildman–Crippen LogP) is 1.32. The van der Waals surface area contributed by atoms with Gasteiger partial charge in [0.05, 0.1) is 29.1 Å². The van der Waals surface area contributed by atoms with E-state index >= 15 is 0 Å². The number of hydrogen-bond donors (Lipinski definition) is 3. The van der Waals surface area contributed by atoms with Crippen molar-refractivity contribution in [3.05, 3.63) is 23.8 Å². The van der Waals surface area contributed by atoms with Gasteiger partial charge in [0.2, 0.25) is 0 Å². The van der Waals surface area contributed by atoms with E-state index in [0.717, 1.165) is 5.69 Å². The first-order valence-corrected chi connectivity index (χ1v) is 4.85. The molecule has 0 saturated heterocycles. The normalized spacial score (nSPS) is 11.8. The van der Waals surface area contributed by atoms with Crippen LogP contribution in [-0.2, 0) is 0 Å². The number of benzene rings is 1. The zero-order chi connectivity index (χ0) is 11.3. The Bertz CT molecular complexity index is 369. The summed E-state index contributed by atoms with van der Waals surface area (Å²) in [6.45, 7) is 2.37. The van der Waals surface area contributed by atoms with E-state index in [1.54, 1.807) is 25.1 Å². The second-order valence-electron chi connectivity index (χ2n) is 3.48. The summed E-state index contributed by atoms with van der Waals surface area (Å²) in [6, 6.07) is 7.13. The van der Waals surface area contributed by atoms with E-state index in [9.17, 15) is 0 Å². The maximum Gasteiger partial charge on any atom is 0.0992 e. The van der Waals surface area contributed by atoms with Crippen LogP contribution in [0.15, 0.2) is 18.2 Å². The molecule has 0 aromatic heterocycles. The Labute approximate surface area is 89.3 Å². The fourth-order valence-corrected chi connectivity index (χ4v) is 1.19. The Morgan fingerprint density at radius 3 is 2.93 bits per heavy atom. The third-order valence-electron chi connectivity index (χ3n) is 2.06. The SMILES string of the molecule is CC(O)CCNc1cc(C#N)ccc1N. The third-order valence-corrected chi connectivity index (χ3v) is 2.06. The highest BCUT2D eigenvalue weighted by atomic mass is 16.3. The summed E-state index contributed by atoms with van der Waals surface area (Å²) in [4.78, 5) is 0. The van der Waals surface area contributed by atoms with E-state index < -0.39 is 0 Å². The minimum absolute atomic E-state index is 0.335. The number of rotatable bonds is 4. The van der Waals surface area contributed by atoms with E-state index in [4.69, 9.17) is 16.1 Å². The van der Waals surface area contributed by atoms with Crippen LogP contribution in [0.25, 0.3) is 0 Å². The number of nitrogens with two attached hydrogens (primary N) is 1. The molecule has 0 aliphatic heterocycles. The number of anilines is 2. The van der Waals surface area contributed by atoms with Gasteiger partial charge in [-0.05, 0) is 31.5 Å². The van der Waals surface area contributed by atoms with Crippen LogP contribution in [0.2, 0.25) is 0 Å². The van der Waals surface area contributed by atoms with Crippen molar-refractivity contribution in [3.8, 4) is 6.07 Å². The molecule has 0 fully saturated rings. The Kier molecular flexibility index (Phi) is 3.95. The van der Waals surface area contributed by atoms with Crippen LogP contribution in [0, 0.1) is 11.3 Å². The lowest BCUT2D eigenvalue weighted by Crippen LogP contribution is -2.10. The molecule has 4 N–H and O–H groups in total. The van der Waals surface area contributed by atoms with Crippen LogP contribution in [0.4, 0.5) is 11.4 Å².